The minimum atomic E-state index is -6.93. The summed E-state index contributed by atoms with van der Waals surface area (Å²) < 4.78 is 130. The molecule has 2 atom stereocenters. The van der Waals surface area contributed by atoms with Crippen molar-refractivity contribution < 1.29 is 47.5 Å². The summed E-state index contributed by atoms with van der Waals surface area (Å²) in [5.41, 5.74) is -11.1. The maximum atomic E-state index is 14.5. The average molecular weight is 624 g/mol. The quantitative estimate of drug-likeness (QED) is 0.211. The first kappa shape index (κ1) is 29.5. The standard InChI is InChI=1S/C27H19BF6N2O4S2/c29-26(30,31)41(37,38)35-42(39,27(32,33)34)40-28(22-16-8-3-9-17-22)25(21-14-6-2-7-15-21)24(20-12-4-1-5-13-20)23-18-10-11-19-36(23)28/h1-19H/t28-,42+/m1/s1. The summed E-state index contributed by atoms with van der Waals surface area (Å²) in [4.78, 5) is 0. The second-order valence-corrected chi connectivity index (χ2v) is 12.8. The van der Waals surface area contributed by atoms with Crippen LogP contribution in [0, 0.1) is 0 Å². The van der Waals surface area contributed by atoms with Crippen LogP contribution in [0.5, 0.6) is 0 Å². The number of hydrogen-bond acceptors (Lipinski definition) is 4. The molecule has 3 aromatic carbocycles. The van der Waals surface area contributed by atoms with Gasteiger partial charge in [0, 0.05) is 11.6 Å². The van der Waals surface area contributed by atoms with Gasteiger partial charge in [0.2, 0.25) is 10.0 Å². The molecule has 1 aliphatic heterocycles. The molecule has 0 saturated carbocycles. The molecule has 6 nitrogen and oxygen atoms in total. The van der Waals surface area contributed by atoms with E-state index < -0.39 is 37.5 Å². The number of aromatic nitrogens is 1. The summed E-state index contributed by atoms with van der Waals surface area (Å²) >= 11 is 0. The molecule has 5 rings (SSSR count). The zero-order valence-corrected chi connectivity index (χ0v) is 22.8. The van der Waals surface area contributed by atoms with Gasteiger partial charge < -0.3 is 8.58 Å². The summed E-state index contributed by atoms with van der Waals surface area (Å²) in [6.07, 6.45) is 1.33. The minimum absolute atomic E-state index is 0.0239. The fourth-order valence-corrected chi connectivity index (χ4v) is 7.66. The van der Waals surface area contributed by atoms with E-state index in [4.69, 9.17) is 4.10 Å². The highest BCUT2D eigenvalue weighted by Gasteiger charge is 2.60. The third-order valence-corrected chi connectivity index (χ3v) is 9.93. The highest BCUT2D eigenvalue weighted by molar-refractivity contribution is 8.02. The van der Waals surface area contributed by atoms with E-state index >= 15 is 0 Å². The molecule has 0 bridgehead atoms. The van der Waals surface area contributed by atoms with Crippen molar-refractivity contribution in [2.24, 2.45) is 3.77 Å². The lowest BCUT2D eigenvalue weighted by atomic mass is 9.40. The maximum absolute atomic E-state index is 14.5. The summed E-state index contributed by atoms with van der Waals surface area (Å²) in [5.74, 6) is 0. The van der Waals surface area contributed by atoms with Crippen LogP contribution in [0.25, 0.3) is 11.0 Å². The van der Waals surface area contributed by atoms with Crippen LogP contribution < -0.4 is 9.94 Å². The van der Waals surface area contributed by atoms with Gasteiger partial charge in [-0.3, -0.25) is 0 Å². The molecule has 2 heterocycles. The van der Waals surface area contributed by atoms with Crippen molar-refractivity contribution in [2.75, 3.05) is 0 Å². The van der Waals surface area contributed by atoms with E-state index in [1.165, 1.54) is 41.0 Å². The van der Waals surface area contributed by atoms with Crippen LogP contribution in [0.15, 0.2) is 119 Å². The van der Waals surface area contributed by atoms with Crippen LogP contribution in [-0.4, -0.2) is 30.1 Å². The largest absolute Gasteiger partial charge is 0.519 e. The van der Waals surface area contributed by atoms with Crippen LogP contribution in [0.1, 0.15) is 16.8 Å². The Bertz CT molecular complexity index is 1890. The van der Waals surface area contributed by atoms with Crippen LogP contribution in [0.3, 0.4) is 0 Å². The molecule has 1 aliphatic rings. The Labute approximate surface area is 237 Å². The van der Waals surface area contributed by atoms with Gasteiger partial charge in [-0.2, -0.15) is 34.8 Å². The van der Waals surface area contributed by atoms with Gasteiger partial charge >= 0.3 is 27.5 Å². The van der Waals surface area contributed by atoms with Gasteiger partial charge in [-0.05, 0) is 11.6 Å². The van der Waals surface area contributed by atoms with Gasteiger partial charge in [0.15, 0.2) is 5.69 Å². The van der Waals surface area contributed by atoms with E-state index in [1.54, 1.807) is 78.9 Å². The lowest BCUT2D eigenvalue weighted by Gasteiger charge is -2.36. The Morgan fingerprint density at radius 3 is 1.67 bits per heavy atom. The molecule has 15 heteroatoms. The molecule has 218 valence electrons. The first-order valence-electron chi connectivity index (χ1n) is 12.1. The highest BCUT2D eigenvalue weighted by Crippen LogP contribution is 2.44. The monoisotopic (exact) mass is 624 g/mol. The number of alkyl halides is 6. The van der Waals surface area contributed by atoms with Crippen LogP contribution >= 0.6 is 0 Å². The third kappa shape index (κ3) is 4.90. The number of hydrogen-bond donors (Lipinski definition) is 0. The SMILES string of the molecule is O=S(=O)(N=[S@@](=O)(O[B@-]1(c2ccccc2)C(c2ccccc2)=C(c2ccccc2)c2cccc[n+]21)C(F)(F)F)C(F)(F)F. The van der Waals surface area contributed by atoms with Gasteiger partial charge in [0.25, 0.3) is 0 Å². The molecule has 4 aromatic rings. The Morgan fingerprint density at radius 2 is 1.14 bits per heavy atom. The molecule has 0 unspecified atom stereocenters. The molecule has 0 spiro atoms. The summed E-state index contributed by atoms with van der Waals surface area (Å²) in [5, 5.41) is 0. The lowest BCUT2D eigenvalue weighted by Crippen LogP contribution is -2.74. The molecule has 0 radical (unpaired) electrons. The first-order valence-corrected chi connectivity index (χ1v) is 15.0. The van der Waals surface area contributed by atoms with Gasteiger partial charge in [-0.1, -0.05) is 117 Å². The first-order chi connectivity index (χ1) is 19.7. The number of sulfonamides is 1. The van der Waals surface area contributed by atoms with E-state index in [-0.39, 0.29) is 22.2 Å². The molecule has 42 heavy (non-hydrogen) atoms. The summed E-state index contributed by atoms with van der Waals surface area (Å²) in [6, 6.07) is 28.1. The summed E-state index contributed by atoms with van der Waals surface area (Å²) in [7, 11) is -13.6. The number of nitrogens with zero attached hydrogens (tertiary/aromatic N) is 2. The third-order valence-electron chi connectivity index (χ3n) is 6.65. The predicted octanol–water partition coefficient (Wildman–Crippen LogP) is 5.45. The van der Waals surface area contributed by atoms with Gasteiger partial charge in [0.05, 0.1) is 0 Å². The molecule has 0 N–H and O–H groups in total. The normalized spacial score (nSPS) is 18.8. The Kier molecular flexibility index (Phi) is 7.32. The number of pyridine rings is 1. The van der Waals surface area contributed by atoms with Crippen molar-refractivity contribution >= 4 is 43.0 Å². The van der Waals surface area contributed by atoms with Crippen molar-refractivity contribution in [1.29, 1.82) is 0 Å². The van der Waals surface area contributed by atoms with Crippen molar-refractivity contribution in [3.05, 3.63) is 132 Å². The average Bonchev–Trinajstić information content (AvgIpc) is 3.24. The molecule has 1 aromatic heterocycles. The van der Waals surface area contributed by atoms with Crippen molar-refractivity contribution in [3.8, 4) is 0 Å². The van der Waals surface area contributed by atoms with E-state index in [2.05, 4.69) is 0 Å². The Morgan fingerprint density at radius 1 is 0.643 bits per heavy atom. The van der Waals surface area contributed by atoms with E-state index in [1.807, 2.05) is 3.77 Å². The van der Waals surface area contributed by atoms with Crippen LogP contribution in [0.2, 0.25) is 0 Å². The van der Waals surface area contributed by atoms with Crippen molar-refractivity contribution in [3.63, 3.8) is 0 Å². The van der Waals surface area contributed by atoms with Gasteiger partial charge in [0.1, 0.15) is 6.20 Å². The Hall–Kier alpha value is -3.95. The van der Waals surface area contributed by atoms with Crippen molar-refractivity contribution in [1.82, 2.24) is 0 Å². The Balaban J connectivity index is 2.00. The van der Waals surface area contributed by atoms with E-state index in [9.17, 15) is 39.0 Å². The number of benzene rings is 3. The van der Waals surface area contributed by atoms with Crippen LogP contribution in [-0.2, 0) is 24.1 Å². The zero-order chi connectivity index (χ0) is 30.4. The van der Waals surface area contributed by atoms with Gasteiger partial charge in [-0.25, -0.2) is 4.21 Å². The smallest absolute Gasteiger partial charge is 0.420 e. The van der Waals surface area contributed by atoms with E-state index in [0.29, 0.717) is 11.1 Å². The predicted molar refractivity (Wildman–Crippen MR) is 145 cm³/mol. The number of halogens is 6. The minimum Gasteiger partial charge on any atom is -0.420 e. The molecule has 0 aliphatic carbocycles. The van der Waals surface area contributed by atoms with Gasteiger partial charge in [-0.15, -0.1) is 0 Å². The molecule has 0 amide bonds. The molecule has 0 saturated heterocycles. The molecular weight excluding hydrogens is 605 g/mol. The van der Waals surface area contributed by atoms with Crippen molar-refractivity contribution in [2.45, 2.75) is 11.0 Å². The number of rotatable bonds is 6. The zero-order valence-electron chi connectivity index (χ0n) is 21.2. The molecule has 0 fully saturated rings. The fraction of sp³-hybridized carbons (Fsp3) is 0.0741. The molecular formula is C27H19BF6N2O4S2. The topological polar surface area (TPSA) is 76.7 Å². The lowest BCUT2D eigenvalue weighted by molar-refractivity contribution is -0.552. The maximum Gasteiger partial charge on any atom is 0.519 e. The second kappa shape index (κ2) is 10.4. The highest BCUT2D eigenvalue weighted by atomic mass is 32.3. The fourth-order valence-electron chi connectivity index (χ4n) is 5.02. The summed E-state index contributed by atoms with van der Waals surface area (Å²) in [6.45, 7) is -3.64. The van der Waals surface area contributed by atoms with Crippen LogP contribution in [0.4, 0.5) is 26.3 Å². The van der Waals surface area contributed by atoms with E-state index in [0.717, 1.165) is 0 Å². The second-order valence-electron chi connectivity index (χ2n) is 9.18. The number of fused-ring (bicyclic) bond motifs is 1.